The molecule has 0 bridgehead atoms. The van der Waals surface area contributed by atoms with Crippen LogP contribution in [0.4, 0.5) is 4.79 Å². The van der Waals surface area contributed by atoms with Gasteiger partial charge < -0.3 is 20.3 Å². The highest BCUT2D eigenvalue weighted by atomic mass is 16.5. The first-order chi connectivity index (χ1) is 11.9. The average Bonchev–Trinajstić information content (AvgIpc) is 2.92. The molecule has 2 amide bonds. The van der Waals surface area contributed by atoms with Gasteiger partial charge in [-0.25, -0.2) is 4.79 Å². The standard InChI is InChI=1S/C19H25N3O3/c1-12(17-13(2)22-25-14(17)3)21-18(23)20-11-19(24)10-6-8-15-7-4-5-9-16(15)19/h4-5,7,9,12,24H,6,8,10-11H2,1-3H3,(H2,20,21,23). The van der Waals surface area contributed by atoms with Crippen LogP contribution in [0.15, 0.2) is 28.8 Å². The van der Waals surface area contributed by atoms with E-state index in [4.69, 9.17) is 4.52 Å². The van der Waals surface area contributed by atoms with Crippen molar-refractivity contribution in [3.8, 4) is 0 Å². The number of nitrogens with one attached hydrogen (secondary N) is 2. The van der Waals surface area contributed by atoms with E-state index in [1.165, 1.54) is 0 Å². The Labute approximate surface area is 147 Å². The lowest BCUT2D eigenvalue weighted by Gasteiger charge is -2.34. The second-order valence-corrected chi connectivity index (χ2v) is 6.83. The van der Waals surface area contributed by atoms with Crippen LogP contribution >= 0.6 is 0 Å². The number of amides is 2. The van der Waals surface area contributed by atoms with Gasteiger partial charge >= 0.3 is 6.03 Å². The lowest BCUT2D eigenvalue weighted by atomic mass is 9.79. The summed E-state index contributed by atoms with van der Waals surface area (Å²) < 4.78 is 5.15. The SMILES string of the molecule is Cc1noc(C)c1C(C)NC(=O)NCC1(O)CCCc2ccccc21. The number of fused-ring (bicyclic) bond motifs is 1. The number of urea groups is 1. The molecule has 6 nitrogen and oxygen atoms in total. The molecule has 1 heterocycles. The van der Waals surface area contributed by atoms with E-state index >= 15 is 0 Å². The molecular weight excluding hydrogens is 318 g/mol. The van der Waals surface area contributed by atoms with Crippen molar-refractivity contribution < 1.29 is 14.4 Å². The van der Waals surface area contributed by atoms with Crippen LogP contribution in [-0.2, 0) is 12.0 Å². The molecule has 134 valence electrons. The van der Waals surface area contributed by atoms with Crippen molar-refractivity contribution in [2.45, 2.75) is 51.7 Å². The quantitative estimate of drug-likeness (QED) is 0.796. The molecule has 0 spiro atoms. The third-order valence-corrected chi connectivity index (χ3v) is 4.97. The van der Waals surface area contributed by atoms with Crippen LogP contribution in [0.1, 0.15) is 54.0 Å². The van der Waals surface area contributed by atoms with Crippen molar-refractivity contribution in [3.05, 3.63) is 52.4 Å². The van der Waals surface area contributed by atoms with E-state index in [-0.39, 0.29) is 18.6 Å². The number of hydrogen-bond acceptors (Lipinski definition) is 4. The van der Waals surface area contributed by atoms with Gasteiger partial charge in [0.05, 0.1) is 18.3 Å². The normalized spacial score (nSPS) is 20.6. The van der Waals surface area contributed by atoms with Gasteiger partial charge in [-0.2, -0.15) is 0 Å². The van der Waals surface area contributed by atoms with E-state index in [0.717, 1.165) is 35.2 Å². The minimum atomic E-state index is -1.02. The summed E-state index contributed by atoms with van der Waals surface area (Å²) in [6, 6.07) is 7.35. The van der Waals surface area contributed by atoms with Crippen LogP contribution in [0.2, 0.25) is 0 Å². The molecule has 6 heteroatoms. The third-order valence-electron chi connectivity index (χ3n) is 4.97. The molecule has 2 aromatic rings. The Morgan fingerprint density at radius 1 is 1.40 bits per heavy atom. The molecule has 1 aromatic heterocycles. The molecule has 2 unspecified atom stereocenters. The molecule has 1 aliphatic carbocycles. The van der Waals surface area contributed by atoms with Gasteiger partial charge in [-0.3, -0.25) is 0 Å². The largest absolute Gasteiger partial charge is 0.383 e. The first-order valence-corrected chi connectivity index (χ1v) is 8.68. The number of benzene rings is 1. The summed E-state index contributed by atoms with van der Waals surface area (Å²) in [7, 11) is 0. The van der Waals surface area contributed by atoms with Gasteiger partial charge in [-0.15, -0.1) is 0 Å². The molecule has 3 rings (SSSR count). The molecule has 0 radical (unpaired) electrons. The number of carbonyl (C=O) groups excluding carboxylic acids is 1. The number of carbonyl (C=O) groups is 1. The molecule has 3 N–H and O–H groups in total. The molecule has 1 aromatic carbocycles. The van der Waals surface area contributed by atoms with E-state index < -0.39 is 5.60 Å². The monoisotopic (exact) mass is 343 g/mol. The summed E-state index contributed by atoms with van der Waals surface area (Å²) in [6.07, 6.45) is 2.52. The van der Waals surface area contributed by atoms with Gasteiger partial charge in [0.1, 0.15) is 11.4 Å². The molecule has 1 aliphatic rings. The van der Waals surface area contributed by atoms with Crippen LogP contribution in [-0.4, -0.2) is 22.8 Å². The lowest BCUT2D eigenvalue weighted by molar-refractivity contribution is 0.0216. The van der Waals surface area contributed by atoms with Crippen molar-refractivity contribution in [1.29, 1.82) is 0 Å². The summed E-state index contributed by atoms with van der Waals surface area (Å²) in [5.74, 6) is 0.699. The average molecular weight is 343 g/mol. The highest BCUT2D eigenvalue weighted by Crippen LogP contribution is 2.34. The molecular formula is C19H25N3O3. The van der Waals surface area contributed by atoms with Crippen molar-refractivity contribution in [3.63, 3.8) is 0 Å². The van der Waals surface area contributed by atoms with Crippen LogP contribution < -0.4 is 10.6 Å². The number of nitrogens with zero attached hydrogens (tertiary/aromatic N) is 1. The Morgan fingerprint density at radius 3 is 2.88 bits per heavy atom. The zero-order valence-corrected chi connectivity index (χ0v) is 14.9. The minimum Gasteiger partial charge on any atom is -0.383 e. The molecule has 0 fully saturated rings. The number of aryl methyl sites for hydroxylation is 3. The number of aliphatic hydroxyl groups is 1. The van der Waals surface area contributed by atoms with Crippen molar-refractivity contribution >= 4 is 6.03 Å². The fourth-order valence-electron chi connectivity index (χ4n) is 3.74. The fraction of sp³-hybridized carbons (Fsp3) is 0.474. The fourth-order valence-corrected chi connectivity index (χ4v) is 3.74. The predicted molar refractivity (Wildman–Crippen MR) is 94.2 cm³/mol. The smallest absolute Gasteiger partial charge is 0.315 e. The van der Waals surface area contributed by atoms with E-state index in [2.05, 4.69) is 15.8 Å². The maximum Gasteiger partial charge on any atom is 0.315 e. The number of aromatic nitrogens is 1. The Kier molecular flexibility index (Phi) is 4.81. The highest BCUT2D eigenvalue weighted by molar-refractivity contribution is 5.74. The minimum absolute atomic E-state index is 0.185. The summed E-state index contributed by atoms with van der Waals surface area (Å²) in [5.41, 5.74) is 2.71. The summed E-state index contributed by atoms with van der Waals surface area (Å²) in [5, 5.41) is 20.6. The van der Waals surface area contributed by atoms with Gasteiger partial charge in [0, 0.05) is 5.56 Å². The van der Waals surface area contributed by atoms with E-state index in [0.29, 0.717) is 12.2 Å². The molecule has 2 atom stereocenters. The Balaban J connectivity index is 1.63. The molecule has 0 saturated heterocycles. The zero-order chi connectivity index (χ0) is 18.0. The van der Waals surface area contributed by atoms with Crippen LogP contribution in [0, 0.1) is 13.8 Å². The van der Waals surface area contributed by atoms with E-state index in [1.807, 2.05) is 45.0 Å². The highest BCUT2D eigenvalue weighted by Gasteiger charge is 2.34. The summed E-state index contributed by atoms with van der Waals surface area (Å²) in [4.78, 5) is 12.3. The van der Waals surface area contributed by atoms with Gasteiger partial charge in [0.15, 0.2) is 0 Å². The van der Waals surface area contributed by atoms with Crippen molar-refractivity contribution in [2.24, 2.45) is 0 Å². The second kappa shape index (κ2) is 6.88. The molecule has 0 aliphatic heterocycles. The van der Waals surface area contributed by atoms with Crippen LogP contribution in [0.25, 0.3) is 0 Å². The van der Waals surface area contributed by atoms with E-state index in [1.54, 1.807) is 0 Å². The third kappa shape index (κ3) is 3.54. The second-order valence-electron chi connectivity index (χ2n) is 6.83. The van der Waals surface area contributed by atoms with Gasteiger partial charge in [0.25, 0.3) is 0 Å². The Bertz CT molecular complexity index is 752. The first-order valence-electron chi connectivity index (χ1n) is 8.68. The number of rotatable bonds is 4. The summed E-state index contributed by atoms with van der Waals surface area (Å²) >= 11 is 0. The van der Waals surface area contributed by atoms with Crippen molar-refractivity contribution in [1.82, 2.24) is 15.8 Å². The van der Waals surface area contributed by atoms with E-state index in [9.17, 15) is 9.90 Å². The van der Waals surface area contributed by atoms with Crippen LogP contribution in [0.3, 0.4) is 0 Å². The topological polar surface area (TPSA) is 87.4 Å². The van der Waals surface area contributed by atoms with Crippen LogP contribution in [0.5, 0.6) is 0 Å². The van der Waals surface area contributed by atoms with Crippen molar-refractivity contribution in [2.75, 3.05) is 6.54 Å². The first kappa shape index (κ1) is 17.5. The molecule has 25 heavy (non-hydrogen) atoms. The maximum atomic E-state index is 12.3. The Hall–Kier alpha value is -2.34. The molecule has 0 saturated carbocycles. The lowest BCUT2D eigenvalue weighted by Crippen LogP contribution is -2.46. The number of hydrogen-bond donors (Lipinski definition) is 3. The van der Waals surface area contributed by atoms with Gasteiger partial charge in [-0.05, 0) is 51.2 Å². The Morgan fingerprint density at radius 2 is 2.16 bits per heavy atom. The van der Waals surface area contributed by atoms with Gasteiger partial charge in [-0.1, -0.05) is 29.4 Å². The maximum absolute atomic E-state index is 12.3. The van der Waals surface area contributed by atoms with Gasteiger partial charge in [0.2, 0.25) is 0 Å². The predicted octanol–water partition coefficient (Wildman–Crippen LogP) is 2.88. The summed E-state index contributed by atoms with van der Waals surface area (Å²) in [6.45, 7) is 5.75. The zero-order valence-electron chi connectivity index (χ0n) is 14.9.